The predicted molar refractivity (Wildman–Crippen MR) is 112 cm³/mol. The van der Waals surface area contributed by atoms with Crippen LogP contribution in [0.4, 0.5) is 0 Å². The van der Waals surface area contributed by atoms with Gasteiger partial charge in [0.15, 0.2) is 0 Å². The number of piperidine rings is 1. The fourth-order valence-electron chi connectivity index (χ4n) is 4.64. The number of aryl methyl sites for hydroxylation is 2. The molecule has 0 spiro atoms. The van der Waals surface area contributed by atoms with Crippen molar-refractivity contribution in [2.45, 2.75) is 65.0 Å². The second kappa shape index (κ2) is 8.22. The summed E-state index contributed by atoms with van der Waals surface area (Å²) in [5, 5.41) is 4.54. The smallest absolute Gasteiger partial charge is 0.224 e. The summed E-state index contributed by atoms with van der Waals surface area (Å²) in [6, 6.07) is 2.12. The molecule has 2 aromatic heterocycles. The number of nitrogens with zero attached hydrogens (tertiary/aromatic N) is 6. The summed E-state index contributed by atoms with van der Waals surface area (Å²) in [6.45, 7) is 9.63. The SMILES string of the molecule is Cc1cc(C)n([C@H](C)CC(=O)N2CCC[C@@H](c3ncc4c(n3)CCN(C)C4)C2)n1. The van der Waals surface area contributed by atoms with Crippen molar-refractivity contribution in [2.75, 3.05) is 26.7 Å². The van der Waals surface area contributed by atoms with Crippen LogP contribution in [0, 0.1) is 13.8 Å². The summed E-state index contributed by atoms with van der Waals surface area (Å²) >= 11 is 0. The number of fused-ring (bicyclic) bond motifs is 1. The molecule has 156 valence electrons. The molecule has 29 heavy (non-hydrogen) atoms. The fourth-order valence-corrected chi connectivity index (χ4v) is 4.64. The Bertz CT molecular complexity index is 891. The summed E-state index contributed by atoms with van der Waals surface area (Å²) in [7, 11) is 2.13. The summed E-state index contributed by atoms with van der Waals surface area (Å²) in [5.41, 5.74) is 4.53. The van der Waals surface area contributed by atoms with E-state index in [0.717, 1.165) is 62.7 Å². The summed E-state index contributed by atoms with van der Waals surface area (Å²) in [5.74, 6) is 1.35. The Labute approximate surface area is 173 Å². The molecule has 7 heteroatoms. The van der Waals surface area contributed by atoms with Gasteiger partial charge in [-0.3, -0.25) is 9.48 Å². The zero-order chi connectivity index (χ0) is 20.5. The average molecular weight is 397 g/mol. The monoisotopic (exact) mass is 396 g/mol. The van der Waals surface area contributed by atoms with Gasteiger partial charge < -0.3 is 9.80 Å². The van der Waals surface area contributed by atoms with E-state index in [2.05, 4.69) is 35.0 Å². The molecular formula is C22H32N6O. The normalized spacial score (nSPS) is 21.1. The minimum atomic E-state index is 0.0635. The third-order valence-corrected chi connectivity index (χ3v) is 6.21. The minimum Gasteiger partial charge on any atom is -0.342 e. The number of likely N-dealkylation sites (tertiary alicyclic amines) is 1. The lowest BCUT2D eigenvalue weighted by molar-refractivity contribution is -0.133. The highest BCUT2D eigenvalue weighted by Gasteiger charge is 2.28. The number of likely N-dealkylation sites (N-methyl/N-ethyl adjacent to an activating group) is 1. The summed E-state index contributed by atoms with van der Waals surface area (Å²) < 4.78 is 1.97. The van der Waals surface area contributed by atoms with E-state index >= 15 is 0 Å². The second-order valence-electron chi connectivity index (χ2n) is 8.79. The van der Waals surface area contributed by atoms with Gasteiger partial charge in [-0.1, -0.05) is 0 Å². The molecule has 0 unspecified atom stereocenters. The number of aromatic nitrogens is 4. The van der Waals surface area contributed by atoms with Crippen LogP contribution in [-0.4, -0.2) is 62.1 Å². The number of amides is 1. The zero-order valence-corrected chi connectivity index (χ0v) is 18.1. The van der Waals surface area contributed by atoms with Gasteiger partial charge >= 0.3 is 0 Å². The number of hydrogen-bond acceptors (Lipinski definition) is 5. The molecular weight excluding hydrogens is 364 g/mol. The molecule has 1 saturated heterocycles. The van der Waals surface area contributed by atoms with Crippen LogP contribution < -0.4 is 0 Å². The van der Waals surface area contributed by atoms with Crippen LogP contribution in [0.2, 0.25) is 0 Å². The first-order valence-corrected chi connectivity index (χ1v) is 10.7. The molecule has 2 aliphatic rings. The van der Waals surface area contributed by atoms with Gasteiger partial charge in [0.05, 0.1) is 11.7 Å². The highest BCUT2D eigenvalue weighted by molar-refractivity contribution is 5.76. The number of rotatable bonds is 4. The molecule has 0 N–H and O–H groups in total. The molecule has 2 aliphatic heterocycles. The van der Waals surface area contributed by atoms with Crippen molar-refractivity contribution in [1.29, 1.82) is 0 Å². The molecule has 2 aromatic rings. The number of hydrogen-bond donors (Lipinski definition) is 0. The molecule has 0 aromatic carbocycles. The maximum atomic E-state index is 13.0. The molecule has 0 bridgehead atoms. The highest BCUT2D eigenvalue weighted by Crippen LogP contribution is 2.27. The Morgan fingerprint density at radius 2 is 2.14 bits per heavy atom. The fraction of sp³-hybridized carbons (Fsp3) is 0.636. The van der Waals surface area contributed by atoms with Gasteiger partial charge in [-0.2, -0.15) is 5.10 Å². The Balaban J connectivity index is 1.41. The molecule has 0 aliphatic carbocycles. The molecule has 0 saturated carbocycles. The van der Waals surface area contributed by atoms with Crippen molar-refractivity contribution < 1.29 is 4.79 Å². The van der Waals surface area contributed by atoms with Crippen LogP contribution in [0.25, 0.3) is 0 Å². The van der Waals surface area contributed by atoms with E-state index in [-0.39, 0.29) is 17.9 Å². The van der Waals surface area contributed by atoms with E-state index in [1.54, 1.807) is 0 Å². The number of carbonyl (C=O) groups excluding carboxylic acids is 1. The Hall–Kier alpha value is -2.28. The Morgan fingerprint density at radius 1 is 1.31 bits per heavy atom. The first-order chi connectivity index (χ1) is 13.9. The van der Waals surface area contributed by atoms with Crippen molar-refractivity contribution >= 4 is 5.91 Å². The topological polar surface area (TPSA) is 67.2 Å². The molecule has 4 heterocycles. The van der Waals surface area contributed by atoms with Gasteiger partial charge in [0.25, 0.3) is 0 Å². The van der Waals surface area contributed by atoms with E-state index in [0.29, 0.717) is 6.42 Å². The molecule has 7 nitrogen and oxygen atoms in total. The van der Waals surface area contributed by atoms with E-state index in [1.807, 2.05) is 29.6 Å². The third-order valence-electron chi connectivity index (χ3n) is 6.21. The van der Waals surface area contributed by atoms with Gasteiger partial charge in [-0.25, -0.2) is 9.97 Å². The Kier molecular flexibility index (Phi) is 5.67. The van der Waals surface area contributed by atoms with E-state index < -0.39 is 0 Å². The largest absolute Gasteiger partial charge is 0.342 e. The van der Waals surface area contributed by atoms with Gasteiger partial charge in [0.2, 0.25) is 5.91 Å². The van der Waals surface area contributed by atoms with Gasteiger partial charge in [-0.15, -0.1) is 0 Å². The Morgan fingerprint density at radius 3 is 2.90 bits per heavy atom. The maximum absolute atomic E-state index is 13.0. The van der Waals surface area contributed by atoms with Crippen molar-refractivity contribution in [1.82, 2.24) is 29.5 Å². The van der Waals surface area contributed by atoms with Crippen molar-refractivity contribution in [2.24, 2.45) is 0 Å². The second-order valence-corrected chi connectivity index (χ2v) is 8.79. The van der Waals surface area contributed by atoms with Crippen LogP contribution >= 0.6 is 0 Å². The van der Waals surface area contributed by atoms with Gasteiger partial charge in [0, 0.05) is 68.1 Å². The lowest BCUT2D eigenvalue weighted by Crippen LogP contribution is -2.40. The lowest BCUT2D eigenvalue weighted by Gasteiger charge is -2.33. The van der Waals surface area contributed by atoms with E-state index in [9.17, 15) is 4.79 Å². The van der Waals surface area contributed by atoms with Crippen molar-refractivity contribution in [3.8, 4) is 0 Å². The van der Waals surface area contributed by atoms with Crippen molar-refractivity contribution in [3.05, 3.63) is 40.7 Å². The van der Waals surface area contributed by atoms with Crippen LogP contribution in [-0.2, 0) is 17.8 Å². The lowest BCUT2D eigenvalue weighted by atomic mass is 9.96. The highest BCUT2D eigenvalue weighted by atomic mass is 16.2. The molecule has 0 radical (unpaired) electrons. The number of carbonyl (C=O) groups is 1. The summed E-state index contributed by atoms with van der Waals surface area (Å²) in [6.07, 6.45) is 5.52. The standard InChI is InChI=1S/C22H32N6O/c1-15-10-16(2)28(25-15)17(3)11-21(29)27-8-5-6-18(14-27)22-23-12-19-13-26(4)9-7-20(19)24-22/h10,12,17-18H,5-9,11,13-14H2,1-4H3/t17-,18-/m1/s1. The van der Waals surface area contributed by atoms with Crippen LogP contribution in [0.1, 0.15) is 66.6 Å². The molecule has 1 amide bonds. The van der Waals surface area contributed by atoms with Gasteiger partial charge in [-0.05, 0) is 46.7 Å². The molecule has 1 fully saturated rings. The molecule has 2 atom stereocenters. The van der Waals surface area contributed by atoms with Crippen LogP contribution in [0.15, 0.2) is 12.3 Å². The van der Waals surface area contributed by atoms with Gasteiger partial charge in [0.1, 0.15) is 5.82 Å². The molecule has 4 rings (SSSR count). The zero-order valence-electron chi connectivity index (χ0n) is 18.1. The predicted octanol–water partition coefficient (Wildman–Crippen LogP) is 2.64. The third kappa shape index (κ3) is 4.34. The van der Waals surface area contributed by atoms with E-state index in [4.69, 9.17) is 4.98 Å². The van der Waals surface area contributed by atoms with Crippen LogP contribution in [0.3, 0.4) is 0 Å². The van der Waals surface area contributed by atoms with E-state index in [1.165, 1.54) is 11.3 Å². The summed E-state index contributed by atoms with van der Waals surface area (Å²) in [4.78, 5) is 26.9. The van der Waals surface area contributed by atoms with Crippen molar-refractivity contribution in [3.63, 3.8) is 0 Å². The minimum absolute atomic E-state index is 0.0635. The first-order valence-electron chi connectivity index (χ1n) is 10.7. The maximum Gasteiger partial charge on any atom is 0.224 e. The van der Waals surface area contributed by atoms with Crippen LogP contribution in [0.5, 0.6) is 0 Å². The average Bonchev–Trinajstić information content (AvgIpc) is 3.05. The first kappa shape index (κ1) is 20.0. The quantitative estimate of drug-likeness (QED) is 0.795.